The highest BCUT2D eigenvalue weighted by Gasteiger charge is 2.63. The van der Waals surface area contributed by atoms with Gasteiger partial charge in [0.1, 0.15) is 5.69 Å². The first kappa shape index (κ1) is 15.8. The van der Waals surface area contributed by atoms with Crippen molar-refractivity contribution in [1.29, 1.82) is 0 Å². The van der Waals surface area contributed by atoms with Crippen molar-refractivity contribution in [2.45, 2.75) is 43.4 Å². The molecule has 0 unspecified atom stereocenters. The largest absolute Gasteiger partial charge is 0.381 e. The minimum absolute atomic E-state index is 0.0341. The third-order valence-corrected chi connectivity index (χ3v) is 6.76. The van der Waals surface area contributed by atoms with Gasteiger partial charge in [-0.05, 0) is 25.7 Å². The van der Waals surface area contributed by atoms with Gasteiger partial charge in [-0.3, -0.25) is 9.69 Å². The molecule has 1 amide bonds. The lowest BCUT2D eigenvalue weighted by molar-refractivity contribution is -0.0122. The van der Waals surface area contributed by atoms with Gasteiger partial charge in [0, 0.05) is 50.7 Å². The number of H-pyrrole nitrogens is 1. The number of hydrogen-bond acceptors (Lipinski definition) is 5. The van der Waals surface area contributed by atoms with E-state index in [0.717, 1.165) is 45.6 Å². The number of nitrogens with zero attached hydrogens (tertiary/aromatic N) is 2. The quantitative estimate of drug-likeness (QED) is 0.843. The van der Waals surface area contributed by atoms with Gasteiger partial charge in [-0.2, -0.15) is 0 Å². The number of fused-ring (bicyclic) bond motifs is 1. The molecular weight excluding hydrogens is 320 g/mol. The SMILES string of the molecule is O=C(NC[C@H]1[C@H]2CN(C3CCOCC3)C[C@]23CC[C@H]1O3)c1cnc[nH]1. The molecule has 0 saturated carbocycles. The van der Waals surface area contributed by atoms with Crippen LogP contribution in [0.4, 0.5) is 0 Å². The summed E-state index contributed by atoms with van der Waals surface area (Å²) >= 11 is 0. The van der Waals surface area contributed by atoms with Crippen molar-refractivity contribution in [3.05, 3.63) is 18.2 Å². The van der Waals surface area contributed by atoms with Crippen LogP contribution in [0, 0.1) is 11.8 Å². The van der Waals surface area contributed by atoms with Gasteiger partial charge in [-0.15, -0.1) is 0 Å². The van der Waals surface area contributed by atoms with Gasteiger partial charge < -0.3 is 19.8 Å². The van der Waals surface area contributed by atoms with E-state index in [9.17, 15) is 4.79 Å². The van der Waals surface area contributed by atoms with Gasteiger partial charge in [0.2, 0.25) is 0 Å². The lowest BCUT2D eigenvalue weighted by Crippen LogP contribution is -2.42. The first-order chi connectivity index (χ1) is 12.3. The molecule has 4 saturated heterocycles. The Kier molecular flexibility index (Phi) is 3.83. The second-order valence-electron chi connectivity index (χ2n) is 7.98. The number of aromatic amines is 1. The Labute approximate surface area is 147 Å². The number of nitrogens with one attached hydrogen (secondary N) is 2. The van der Waals surface area contributed by atoms with E-state index in [1.807, 2.05) is 0 Å². The summed E-state index contributed by atoms with van der Waals surface area (Å²) in [5.74, 6) is 0.884. The van der Waals surface area contributed by atoms with E-state index >= 15 is 0 Å². The highest BCUT2D eigenvalue weighted by Crippen LogP contribution is 2.55. The molecule has 7 heteroatoms. The maximum absolute atomic E-state index is 12.2. The average Bonchev–Trinajstić information content (AvgIpc) is 3.40. The molecule has 5 heterocycles. The van der Waals surface area contributed by atoms with Gasteiger partial charge in [0.15, 0.2) is 0 Å². The van der Waals surface area contributed by atoms with Crippen LogP contribution in [-0.2, 0) is 9.47 Å². The molecule has 7 nitrogen and oxygen atoms in total. The van der Waals surface area contributed by atoms with Crippen molar-refractivity contribution in [2.75, 3.05) is 32.8 Å². The molecule has 136 valence electrons. The van der Waals surface area contributed by atoms with E-state index < -0.39 is 0 Å². The monoisotopic (exact) mass is 346 g/mol. The summed E-state index contributed by atoms with van der Waals surface area (Å²) in [7, 11) is 0. The van der Waals surface area contributed by atoms with Gasteiger partial charge in [0.05, 0.1) is 24.2 Å². The summed E-state index contributed by atoms with van der Waals surface area (Å²) in [6, 6.07) is 0.636. The molecule has 4 fully saturated rings. The van der Waals surface area contributed by atoms with Gasteiger partial charge in [0.25, 0.3) is 5.91 Å². The number of likely N-dealkylation sites (tertiary alicyclic amines) is 1. The predicted molar refractivity (Wildman–Crippen MR) is 90.2 cm³/mol. The summed E-state index contributed by atoms with van der Waals surface area (Å²) in [5, 5.41) is 3.09. The lowest BCUT2D eigenvalue weighted by atomic mass is 9.73. The zero-order valence-electron chi connectivity index (χ0n) is 14.4. The standard InChI is InChI=1S/C18H26N4O3/c23-17(15-8-19-11-21-15)20-7-13-14-9-22(12-2-5-24-6-3-12)10-18(14)4-1-16(13)25-18/h8,11-14,16H,1-7,9-10H2,(H,19,21)(H,20,23)/t13-,14+,16+,18+/m0/s1. The minimum atomic E-state index is -0.0754. The summed E-state index contributed by atoms with van der Waals surface area (Å²) in [6.07, 6.45) is 7.98. The summed E-state index contributed by atoms with van der Waals surface area (Å²) in [4.78, 5) is 21.6. The van der Waals surface area contributed by atoms with Crippen LogP contribution in [0.3, 0.4) is 0 Å². The van der Waals surface area contributed by atoms with E-state index in [1.165, 1.54) is 12.7 Å². The zero-order valence-corrected chi connectivity index (χ0v) is 14.4. The van der Waals surface area contributed by atoms with E-state index in [1.54, 1.807) is 6.20 Å². The van der Waals surface area contributed by atoms with Crippen molar-refractivity contribution >= 4 is 5.91 Å². The maximum Gasteiger partial charge on any atom is 0.269 e. The van der Waals surface area contributed by atoms with Crippen molar-refractivity contribution in [3.8, 4) is 0 Å². The Morgan fingerprint density at radius 1 is 1.40 bits per heavy atom. The smallest absolute Gasteiger partial charge is 0.269 e. The summed E-state index contributed by atoms with van der Waals surface area (Å²) in [6.45, 7) is 4.62. The number of imidazole rings is 1. The Morgan fingerprint density at radius 2 is 2.28 bits per heavy atom. The fourth-order valence-electron chi connectivity index (χ4n) is 5.51. The first-order valence-corrected chi connectivity index (χ1v) is 9.51. The Bertz CT molecular complexity index is 630. The molecule has 4 aliphatic heterocycles. The van der Waals surface area contributed by atoms with Crippen molar-refractivity contribution in [3.63, 3.8) is 0 Å². The molecule has 4 aliphatic rings. The molecule has 1 aromatic heterocycles. The molecule has 4 atom stereocenters. The van der Waals surface area contributed by atoms with Gasteiger partial charge >= 0.3 is 0 Å². The Morgan fingerprint density at radius 3 is 3.08 bits per heavy atom. The Balaban J connectivity index is 1.26. The third kappa shape index (κ3) is 2.60. The number of hydrogen-bond donors (Lipinski definition) is 2. The fraction of sp³-hybridized carbons (Fsp3) is 0.778. The predicted octanol–water partition coefficient (Wildman–Crippen LogP) is 0.798. The molecule has 0 aromatic carbocycles. The molecule has 25 heavy (non-hydrogen) atoms. The topological polar surface area (TPSA) is 79.5 Å². The van der Waals surface area contributed by atoms with Crippen LogP contribution in [0.2, 0.25) is 0 Å². The van der Waals surface area contributed by atoms with E-state index in [4.69, 9.17) is 9.47 Å². The number of aromatic nitrogens is 2. The second kappa shape index (κ2) is 6.07. The molecule has 2 bridgehead atoms. The molecule has 5 rings (SSSR count). The first-order valence-electron chi connectivity index (χ1n) is 9.51. The van der Waals surface area contributed by atoms with Crippen LogP contribution in [0.25, 0.3) is 0 Å². The van der Waals surface area contributed by atoms with Crippen molar-refractivity contribution < 1.29 is 14.3 Å². The number of rotatable bonds is 4. The number of carbonyl (C=O) groups excluding carboxylic acids is 1. The molecule has 1 aromatic rings. The zero-order chi connectivity index (χ0) is 16.9. The number of ether oxygens (including phenoxy) is 2. The second-order valence-corrected chi connectivity index (χ2v) is 7.98. The van der Waals surface area contributed by atoms with Crippen LogP contribution in [-0.4, -0.2) is 71.4 Å². The van der Waals surface area contributed by atoms with Crippen LogP contribution < -0.4 is 5.32 Å². The van der Waals surface area contributed by atoms with Gasteiger partial charge in [-0.1, -0.05) is 0 Å². The fourth-order valence-corrected chi connectivity index (χ4v) is 5.51. The molecule has 1 spiro atoms. The van der Waals surface area contributed by atoms with E-state index in [0.29, 0.717) is 36.2 Å². The van der Waals surface area contributed by atoms with Crippen LogP contribution in [0.5, 0.6) is 0 Å². The summed E-state index contributed by atoms with van der Waals surface area (Å²) in [5.41, 5.74) is 0.556. The van der Waals surface area contributed by atoms with Crippen LogP contribution >= 0.6 is 0 Å². The van der Waals surface area contributed by atoms with Crippen molar-refractivity contribution in [1.82, 2.24) is 20.2 Å². The Hall–Kier alpha value is -1.44. The summed E-state index contributed by atoms with van der Waals surface area (Å²) < 4.78 is 12.0. The minimum Gasteiger partial charge on any atom is -0.381 e. The lowest BCUT2D eigenvalue weighted by Gasteiger charge is -2.32. The van der Waals surface area contributed by atoms with Gasteiger partial charge in [-0.25, -0.2) is 4.98 Å². The number of carbonyl (C=O) groups is 1. The van der Waals surface area contributed by atoms with Crippen LogP contribution in [0.15, 0.2) is 12.5 Å². The van der Waals surface area contributed by atoms with E-state index in [2.05, 4.69) is 20.2 Å². The number of amides is 1. The highest BCUT2D eigenvalue weighted by molar-refractivity contribution is 5.91. The van der Waals surface area contributed by atoms with Crippen LogP contribution in [0.1, 0.15) is 36.2 Å². The average molecular weight is 346 g/mol. The molecule has 2 N–H and O–H groups in total. The highest BCUT2D eigenvalue weighted by atomic mass is 16.5. The maximum atomic E-state index is 12.2. The molecule has 0 radical (unpaired) electrons. The normalized spacial score (nSPS) is 38.2. The third-order valence-electron chi connectivity index (χ3n) is 6.76. The molecular formula is C18H26N4O3. The molecule has 0 aliphatic carbocycles. The van der Waals surface area contributed by atoms with Crippen molar-refractivity contribution in [2.24, 2.45) is 11.8 Å². The van der Waals surface area contributed by atoms with E-state index in [-0.39, 0.29) is 11.5 Å².